The van der Waals surface area contributed by atoms with Crippen molar-refractivity contribution in [2.24, 2.45) is 5.92 Å². The Morgan fingerprint density at radius 2 is 1.62 bits per heavy atom. The molecule has 2 saturated heterocycles. The predicted molar refractivity (Wildman–Crippen MR) is 195 cm³/mol. The van der Waals surface area contributed by atoms with Crippen LogP contribution in [0.2, 0.25) is 0 Å². The van der Waals surface area contributed by atoms with E-state index in [-0.39, 0.29) is 31.2 Å². The van der Waals surface area contributed by atoms with Gasteiger partial charge in [0.2, 0.25) is 17.7 Å². The molecule has 2 aromatic heterocycles. The molecule has 2 aliphatic heterocycles. The summed E-state index contributed by atoms with van der Waals surface area (Å²) in [5, 5.41) is 15.9. The Bertz CT molecular complexity index is 1990. The molecule has 53 heavy (non-hydrogen) atoms. The highest BCUT2D eigenvalue weighted by Gasteiger charge is 2.62. The monoisotopic (exact) mass is 725 g/mol. The number of imidazole rings is 1. The molecule has 14 nitrogen and oxygen atoms in total. The fraction of sp³-hybridized carbons (Fsp3) is 0.513. The maximum Gasteiger partial charge on any atom is 0.408 e. The summed E-state index contributed by atoms with van der Waals surface area (Å²) in [6.45, 7) is 5.24. The van der Waals surface area contributed by atoms with Crippen molar-refractivity contribution in [2.45, 2.75) is 114 Å². The number of nitrogens with one attached hydrogen (secondary N) is 3. The minimum atomic E-state index is -1.37. The molecular formula is C39H47N7O7. The van der Waals surface area contributed by atoms with E-state index in [1.807, 2.05) is 48.5 Å². The summed E-state index contributed by atoms with van der Waals surface area (Å²) in [7, 11) is 0. The molecule has 5 atom stereocenters. The highest BCUT2D eigenvalue weighted by atomic mass is 16.6. The van der Waals surface area contributed by atoms with Crippen molar-refractivity contribution in [3.05, 3.63) is 60.0 Å². The molecule has 4 aromatic rings. The van der Waals surface area contributed by atoms with Gasteiger partial charge in [-0.2, -0.15) is 0 Å². The van der Waals surface area contributed by atoms with E-state index in [1.165, 1.54) is 4.90 Å². The van der Waals surface area contributed by atoms with E-state index >= 15 is 0 Å². The topological polar surface area (TPSA) is 189 Å². The van der Waals surface area contributed by atoms with Crippen LogP contribution >= 0.6 is 0 Å². The van der Waals surface area contributed by atoms with Crippen molar-refractivity contribution in [1.82, 2.24) is 35.5 Å². The molecule has 1 saturated carbocycles. The van der Waals surface area contributed by atoms with Crippen molar-refractivity contribution in [3.63, 3.8) is 0 Å². The van der Waals surface area contributed by atoms with Gasteiger partial charge in [-0.1, -0.05) is 56.4 Å². The molecule has 7 rings (SSSR count). The van der Waals surface area contributed by atoms with Gasteiger partial charge in [-0.3, -0.25) is 9.59 Å². The van der Waals surface area contributed by atoms with E-state index < -0.39 is 53.2 Å². The van der Waals surface area contributed by atoms with Gasteiger partial charge in [0.25, 0.3) is 0 Å². The van der Waals surface area contributed by atoms with E-state index in [4.69, 9.17) is 24.4 Å². The van der Waals surface area contributed by atoms with Gasteiger partial charge >= 0.3 is 12.1 Å². The third-order valence-corrected chi connectivity index (χ3v) is 10.4. The van der Waals surface area contributed by atoms with Gasteiger partial charge in [-0.15, -0.1) is 0 Å². The van der Waals surface area contributed by atoms with Crippen LogP contribution in [0.4, 0.5) is 4.79 Å². The Kier molecular flexibility index (Phi) is 9.97. The molecule has 4 N–H and O–H groups in total. The van der Waals surface area contributed by atoms with Gasteiger partial charge in [0.15, 0.2) is 0 Å². The Morgan fingerprint density at radius 3 is 2.34 bits per heavy atom. The number of carbonyl (C=O) groups is 4. The number of carbonyl (C=O) groups excluding carboxylic acids is 3. The zero-order chi connectivity index (χ0) is 37.3. The average Bonchev–Trinajstić information content (AvgIpc) is 3.41. The second-order valence-electron chi connectivity index (χ2n) is 15.5. The van der Waals surface area contributed by atoms with Crippen LogP contribution in [0.3, 0.4) is 0 Å². The minimum Gasteiger partial charge on any atom is -0.479 e. The zero-order valence-corrected chi connectivity index (χ0v) is 30.4. The molecule has 4 heterocycles. The highest BCUT2D eigenvalue weighted by Crippen LogP contribution is 2.47. The number of amides is 3. The number of carboxylic acid groups (broad SMARTS) is 1. The molecule has 3 fully saturated rings. The number of H-pyrrole nitrogens is 1. The summed E-state index contributed by atoms with van der Waals surface area (Å²) in [6, 6.07) is 13.1. The fourth-order valence-electron chi connectivity index (χ4n) is 7.64. The number of fused-ring (bicyclic) bond motifs is 4. The van der Waals surface area contributed by atoms with Gasteiger partial charge < -0.3 is 35.1 Å². The van der Waals surface area contributed by atoms with Crippen LogP contribution in [0.5, 0.6) is 5.88 Å². The maximum atomic E-state index is 14.4. The molecule has 14 heteroatoms. The molecule has 0 radical (unpaired) electrons. The molecule has 1 aliphatic carbocycles. The second-order valence-corrected chi connectivity index (χ2v) is 15.5. The molecule has 3 aliphatic rings. The maximum absolute atomic E-state index is 14.4. The van der Waals surface area contributed by atoms with Crippen molar-refractivity contribution >= 4 is 45.9 Å². The van der Waals surface area contributed by atoms with Gasteiger partial charge in [-0.25, -0.2) is 24.5 Å². The third-order valence-electron chi connectivity index (χ3n) is 10.4. The molecular weight excluding hydrogens is 678 g/mol. The number of alkyl carbamates (subject to hydrolysis) is 1. The summed E-state index contributed by atoms with van der Waals surface area (Å²) < 4.78 is 12.1. The number of carboxylic acids is 1. The number of aliphatic carboxylic acids is 1. The highest BCUT2D eigenvalue weighted by molar-refractivity contribution is 5.96. The standard InChI is InChI=1S/C39H47N7O7/c1-38(2,3)53-37(51)44-29-18-8-6-4-5-7-13-23-21-39(23,36(49)50)45-33(47)31-19-24(22-46(31)35(29)48)52-34-30(40-25-14-9-12-17-28(25)43-34)20-32-41-26-15-10-11-16-27(26)42-32/h9-12,14-17,23-24,29,31H,4-8,13,18-22H2,1-3H3,(H,41,42)(H,44,51)(H,45,47)(H,49,50)/t23?,24-,29+,31+,39?/m1/s1. The summed E-state index contributed by atoms with van der Waals surface area (Å²) >= 11 is 0. The van der Waals surface area contributed by atoms with Crippen LogP contribution in [-0.2, 0) is 25.5 Å². The number of para-hydroxylation sites is 4. The quantitative estimate of drug-likeness (QED) is 0.210. The normalized spacial score (nSPS) is 25.5. The first-order valence-electron chi connectivity index (χ1n) is 18.6. The van der Waals surface area contributed by atoms with Gasteiger partial charge in [-0.05, 0) is 70.2 Å². The molecule has 3 amide bonds. The van der Waals surface area contributed by atoms with E-state index in [9.17, 15) is 24.3 Å². The number of aromatic nitrogens is 4. The lowest BCUT2D eigenvalue weighted by atomic mass is 10.0. The number of ether oxygens (including phenoxy) is 2. The lowest BCUT2D eigenvalue weighted by Gasteiger charge is -2.30. The molecule has 2 unspecified atom stereocenters. The molecule has 0 bridgehead atoms. The van der Waals surface area contributed by atoms with Crippen LogP contribution in [0.15, 0.2) is 48.5 Å². The summed E-state index contributed by atoms with van der Waals surface area (Å²) in [6.07, 6.45) is 4.54. The van der Waals surface area contributed by atoms with Gasteiger partial charge in [0.1, 0.15) is 40.8 Å². The van der Waals surface area contributed by atoms with E-state index in [1.54, 1.807) is 20.8 Å². The van der Waals surface area contributed by atoms with Crippen LogP contribution in [0.25, 0.3) is 22.1 Å². The van der Waals surface area contributed by atoms with Crippen molar-refractivity contribution < 1.29 is 33.8 Å². The number of nitrogens with zero attached hydrogens (tertiary/aromatic N) is 4. The summed E-state index contributed by atoms with van der Waals surface area (Å²) in [4.78, 5) is 73.3. The number of benzene rings is 2. The Hall–Kier alpha value is -5.27. The smallest absolute Gasteiger partial charge is 0.408 e. The van der Waals surface area contributed by atoms with Crippen LogP contribution in [-0.4, -0.2) is 89.7 Å². The lowest BCUT2D eigenvalue weighted by Crippen LogP contribution is -2.56. The average molecular weight is 726 g/mol. The number of hydrogen-bond acceptors (Lipinski definition) is 9. The largest absolute Gasteiger partial charge is 0.479 e. The first-order chi connectivity index (χ1) is 25.4. The summed E-state index contributed by atoms with van der Waals surface area (Å²) in [5.41, 5.74) is 1.36. The Balaban J connectivity index is 1.20. The number of rotatable bonds is 6. The molecule has 280 valence electrons. The van der Waals surface area contributed by atoms with E-state index in [0.29, 0.717) is 48.2 Å². The Morgan fingerprint density at radius 1 is 0.943 bits per heavy atom. The number of hydrogen-bond donors (Lipinski definition) is 4. The van der Waals surface area contributed by atoms with Crippen LogP contribution in [0, 0.1) is 5.92 Å². The van der Waals surface area contributed by atoms with Crippen LogP contribution < -0.4 is 15.4 Å². The van der Waals surface area contributed by atoms with Crippen LogP contribution in [0.1, 0.15) is 90.1 Å². The van der Waals surface area contributed by atoms with Gasteiger partial charge in [0.05, 0.1) is 35.0 Å². The third kappa shape index (κ3) is 8.06. The lowest BCUT2D eigenvalue weighted by molar-refractivity contribution is -0.146. The van der Waals surface area contributed by atoms with Crippen molar-refractivity contribution in [1.29, 1.82) is 0 Å². The number of aromatic amines is 1. The van der Waals surface area contributed by atoms with E-state index in [0.717, 1.165) is 36.7 Å². The van der Waals surface area contributed by atoms with Crippen molar-refractivity contribution in [3.8, 4) is 5.88 Å². The zero-order valence-electron chi connectivity index (χ0n) is 30.4. The SMILES string of the molecule is CC(C)(C)OC(=O)N[C@H]1CCCCCCCC2CC2(C(=O)O)NC(=O)[C@@H]2C[C@@H](Oc3nc4ccccc4nc3Cc3nc4ccccc4[nH]3)CN2C1=O. The predicted octanol–water partition coefficient (Wildman–Crippen LogP) is 5.04. The van der Waals surface area contributed by atoms with Gasteiger partial charge in [0, 0.05) is 6.42 Å². The Labute approximate surface area is 307 Å². The molecule has 0 spiro atoms. The summed E-state index contributed by atoms with van der Waals surface area (Å²) in [5.74, 6) is -1.36. The van der Waals surface area contributed by atoms with Crippen molar-refractivity contribution in [2.75, 3.05) is 6.54 Å². The molecule has 2 aromatic carbocycles. The first kappa shape index (κ1) is 36.1. The second kappa shape index (κ2) is 14.6. The van der Waals surface area contributed by atoms with E-state index in [2.05, 4.69) is 15.6 Å². The minimum absolute atomic E-state index is 0.00546. The first-order valence-corrected chi connectivity index (χ1v) is 18.6. The fourth-order valence-corrected chi connectivity index (χ4v) is 7.64.